The average Bonchev–Trinajstić information content (AvgIpc) is 3.33. The highest BCUT2D eigenvalue weighted by Gasteiger charge is 2.37. The zero-order valence-electron chi connectivity index (χ0n) is 23.0. The number of halogens is 3. The summed E-state index contributed by atoms with van der Waals surface area (Å²) in [6.45, 7) is 3.73. The van der Waals surface area contributed by atoms with E-state index in [1.165, 1.54) is 13.2 Å². The number of ketones is 1. The number of alkyl halides is 3. The predicted molar refractivity (Wildman–Crippen MR) is 146 cm³/mol. The van der Waals surface area contributed by atoms with Gasteiger partial charge < -0.3 is 24.8 Å². The average molecular weight is 572 g/mol. The molecule has 1 aliphatic carbocycles. The zero-order valence-corrected chi connectivity index (χ0v) is 23.0. The molecule has 3 aromatic rings. The number of likely N-dealkylation sites (tertiary alicyclic amines) is 1. The third-order valence-electron chi connectivity index (χ3n) is 7.56. The Kier molecular flexibility index (Phi) is 8.16. The van der Waals surface area contributed by atoms with Crippen LogP contribution in [0.15, 0.2) is 36.5 Å². The van der Waals surface area contributed by atoms with Crippen LogP contribution in [0.5, 0.6) is 17.4 Å². The smallest absolute Gasteiger partial charge is 0.423 e. The lowest BCUT2D eigenvalue weighted by molar-refractivity contribution is -0.139. The van der Waals surface area contributed by atoms with E-state index in [-0.39, 0.29) is 35.5 Å². The third kappa shape index (κ3) is 6.29. The summed E-state index contributed by atoms with van der Waals surface area (Å²) in [4.78, 5) is 22.6. The molecule has 2 aromatic carbocycles. The fraction of sp³-hybridized carbons (Fsp3) is 0.414. The Morgan fingerprint density at radius 3 is 2.59 bits per heavy atom. The normalized spacial score (nSPS) is 16.9. The molecule has 0 bridgehead atoms. The van der Waals surface area contributed by atoms with Crippen molar-refractivity contribution in [2.24, 2.45) is 0 Å². The number of aliphatic hydroxyl groups excluding tert-OH is 1. The van der Waals surface area contributed by atoms with Gasteiger partial charge in [0.05, 0.1) is 18.4 Å². The van der Waals surface area contributed by atoms with Gasteiger partial charge in [-0.3, -0.25) is 10.1 Å². The molecule has 12 heteroatoms. The number of nitrogens with zero attached hydrogens (tertiary/aromatic N) is 3. The van der Waals surface area contributed by atoms with Crippen LogP contribution in [0, 0.1) is 6.92 Å². The van der Waals surface area contributed by atoms with E-state index in [9.17, 15) is 23.1 Å². The lowest BCUT2D eigenvalue weighted by Crippen LogP contribution is -2.42. The van der Waals surface area contributed by atoms with Gasteiger partial charge in [0.25, 0.3) is 0 Å². The van der Waals surface area contributed by atoms with Crippen LogP contribution in [0.1, 0.15) is 58.1 Å². The van der Waals surface area contributed by atoms with E-state index >= 15 is 0 Å². The number of piperidine rings is 1. The fourth-order valence-electron chi connectivity index (χ4n) is 5.21. The van der Waals surface area contributed by atoms with Crippen LogP contribution < -0.4 is 20.1 Å². The largest absolute Gasteiger partial charge is 0.495 e. The van der Waals surface area contributed by atoms with Crippen molar-refractivity contribution in [3.8, 4) is 17.4 Å². The van der Waals surface area contributed by atoms with E-state index in [1.54, 1.807) is 24.3 Å². The van der Waals surface area contributed by atoms with E-state index in [1.807, 2.05) is 6.92 Å². The molecular weight excluding hydrogens is 539 g/mol. The van der Waals surface area contributed by atoms with Crippen molar-refractivity contribution in [1.82, 2.24) is 20.2 Å². The van der Waals surface area contributed by atoms with Crippen molar-refractivity contribution >= 4 is 17.4 Å². The maximum Gasteiger partial charge on any atom is 0.423 e. The highest BCUT2D eigenvalue weighted by Crippen LogP contribution is 2.41. The molecule has 9 nitrogen and oxygen atoms in total. The van der Waals surface area contributed by atoms with Crippen LogP contribution in [0.25, 0.3) is 0 Å². The number of fused-ring (bicyclic) bond motifs is 1. The summed E-state index contributed by atoms with van der Waals surface area (Å²) >= 11 is 0. The number of methoxy groups -OCH3 is 1. The molecule has 218 valence electrons. The van der Waals surface area contributed by atoms with Crippen molar-refractivity contribution in [1.29, 1.82) is 0 Å². The number of hydrogen-bond donors (Lipinski definition) is 3. The minimum Gasteiger partial charge on any atom is -0.495 e. The predicted octanol–water partition coefficient (Wildman–Crippen LogP) is 5.15. The molecule has 5 rings (SSSR count). The molecule has 1 saturated heterocycles. The molecule has 0 amide bonds. The summed E-state index contributed by atoms with van der Waals surface area (Å²) in [5.41, 5.74) is 1.71. The fourth-order valence-corrected chi connectivity index (χ4v) is 5.21. The summed E-state index contributed by atoms with van der Waals surface area (Å²) < 4.78 is 52.7. The first kappa shape index (κ1) is 28.8. The van der Waals surface area contributed by atoms with Crippen molar-refractivity contribution in [2.45, 2.75) is 51.1 Å². The van der Waals surface area contributed by atoms with E-state index < -0.39 is 23.8 Å². The minimum absolute atomic E-state index is 0.0243. The first-order chi connectivity index (χ1) is 19.5. The van der Waals surface area contributed by atoms with Gasteiger partial charge in [-0.15, -0.1) is 0 Å². The molecule has 1 aromatic heterocycles. The van der Waals surface area contributed by atoms with Crippen molar-refractivity contribution < 1.29 is 32.5 Å². The molecule has 1 atom stereocenters. The van der Waals surface area contributed by atoms with Gasteiger partial charge in [-0.25, -0.2) is 4.98 Å². The number of aromatic nitrogens is 2. The van der Waals surface area contributed by atoms with Gasteiger partial charge in [0, 0.05) is 18.7 Å². The number of anilines is 2. The summed E-state index contributed by atoms with van der Waals surface area (Å²) in [6, 6.07) is 8.31. The van der Waals surface area contributed by atoms with E-state index in [4.69, 9.17) is 9.47 Å². The highest BCUT2D eigenvalue weighted by molar-refractivity contribution is 6.03. The van der Waals surface area contributed by atoms with Crippen LogP contribution >= 0.6 is 0 Å². The van der Waals surface area contributed by atoms with Gasteiger partial charge in [-0.05, 0) is 81.2 Å². The number of carbonyl (C=O) groups excluding carboxylic acids is 1. The van der Waals surface area contributed by atoms with Crippen LogP contribution in [-0.2, 0) is 12.6 Å². The number of aryl methyl sites for hydroxylation is 1. The van der Waals surface area contributed by atoms with Gasteiger partial charge in [0.2, 0.25) is 11.8 Å². The maximum absolute atomic E-state index is 13.9. The molecule has 0 radical (unpaired) electrons. The molecule has 0 saturated carbocycles. The van der Waals surface area contributed by atoms with Crippen molar-refractivity contribution in [2.75, 3.05) is 32.6 Å². The summed E-state index contributed by atoms with van der Waals surface area (Å²) in [6.07, 6.45) is -2.46. The van der Waals surface area contributed by atoms with Gasteiger partial charge in [-0.2, -0.15) is 18.2 Å². The first-order valence-electron chi connectivity index (χ1n) is 13.4. The van der Waals surface area contributed by atoms with Crippen LogP contribution in [0.3, 0.4) is 0 Å². The second-order valence-corrected chi connectivity index (χ2v) is 10.4. The molecule has 2 aliphatic rings. The monoisotopic (exact) mass is 571 g/mol. The number of rotatable bonds is 8. The number of aliphatic hydroxyl groups is 1. The maximum atomic E-state index is 13.9. The number of ether oxygens (including phenoxy) is 2. The quantitative estimate of drug-likeness (QED) is 0.316. The molecular formula is C29H32F3N5O4. The standard InChI is InChI=1S/C29H32F3N5O4/c1-16-4-9-23(25-19(16)6-8-22(25)38)41-27-20(29(30,31)32)15-33-28(36-27)35-21-7-5-17(14-24(21)40-3)26(39)34-18-10-12-37(2)13-11-18/h4-5,7,9,14-15,18,26,34,39H,6,8,10-13H2,1-3H3,(H,33,35,36). The second-order valence-electron chi connectivity index (χ2n) is 10.4. The van der Waals surface area contributed by atoms with Gasteiger partial charge >= 0.3 is 6.18 Å². The van der Waals surface area contributed by atoms with Crippen molar-refractivity contribution in [3.05, 3.63) is 64.3 Å². The third-order valence-corrected chi connectivity index (χ3v) is 7.56. The SMILES string of the molecule is COc1cc(C(O)NC2CCN(C)CC2)ccc1Nc1ncc(C(F)(F)F)c(Oc2ccc(C)c3c2C(=O)CC3)n1. The van der Waals surface area contributed by atoms with Crippen molar-refractivity contribution in [3.63, 3.8) is 0 Å². The molecule has 0 spiro atoms. The Morgan fingerprint density at radius 1 is 1.12 bits per heavy atom. The summed E-state index contributed by atoms with van der Waals surface area (Å²) in [5, 5.41) is 16.9. The second kappa shape index (κ2) is 11.6. The molecule has 3 N–H and O–H groups in total. The Balaban J connectivity index is 1.39. The summed E-state index contributed by atoms with van der Waals surface area (Å²) in [7, 11) is 3.51. The van der Waals surface area contributed by atoms with E-state index in [2.05, 4.69) is 32.5 Å². The lowest BCUT2D eigenvalue weighted by Gasteiger charge is -2.31. The molecule has 2 heterocycles. The van der Waals surface area contributed by atoms with Crippen LogP contribution in [0.4, 0.5) is 24.8 Å². The number of nitrogens with one attached hydrogen (secondary N) is 2. The Bertz CT molecular complexity index is 1440. The number of benzene rings is 2. The van der Waals surface area contributed by atoms with Gasteiger partial charge in [0.15, 0.2) is 5.78 Å². The minimum atomic E-state index is -4.79. The zero-order chi connectivity index (χ0) is 29.3. The number of Topliss-reactive ketones (excluding diaryl/α,β-unsaturated/α-hetero) is 1. The Morgan fingerprint density at radius 2 is 1.88 bits per heavy atom. The lowest BCUT2D eigenvalue weighted by atomic mass is 10.0. The molecule has 1 aliphatic heterocycles. The highest BCUT2D eigenvalue weighted by atomic mass is 19.4. The number of hydrogen-bond acceptors (Lipinski definition) is 9. The topological polar surface area (TPSA) is 109 Å². The molecule has 41 heavy (non-hydrogen) atoms. The van der Waals surface area contributed by atoms with Crippen LogP contribution in [0.2, 0.25) is 0 Å². The molecule has 1 fully saturated rings. The van der Waals surface area contributed by atoms with E-state index in [0.29, 0.717) is 29.6 Å². The van der Waals surface area contributed by atoms with E-state index in [0.717, 1.165) is 37.1 Å². The number of carbonyl (C=O) groups is 1. The van der Waals surface area contributed by atoms with Crippen LogP contribution in [-0.4, -0.2) is 59.0 Å². The summed E-state index contributed by atoms with van der Waals surface area (Å²) in [5.74, 6) is -0.721. The first-order valence-corrected chi connectivity index (χ1v) is 13.4. The Labute approximate surface area is 235 Å². The van der Waals surface area contributed by atoms with Gasteiger partial charge in [0.1, 0.15) is 23.3 Å². The molecule has 1 unspecified atom stereocenters. The van der Waals surface area contributed by atoms with Gasteiger partial charge in [-0.1, -0.05) is 12.1 Å². The Hall–Kier alpha value is -3.74.